The van der Waals surface area contributed by atoms with E-state index in [1.807, 2.05) is 0 Å². The Balaban J connectivity index is 4.05. The van der Waals surface area contributed by atoms with Gasteiger partial charge in [0.1, 0.15) is 0 Å². The molecule has 1 N–H and O–H groups in total. The molecule has 15 heavy (non-hydrogen) atoms. The molecule has 1 atom stereocenters. The average Bonchev–Trinajstić information content (AvgIpc) is 2.13. The molecule has 0 aliphatic heterocycles. The lowest BCUT2D eigenvalue weighted by molar-refractivity contribution is 0.143. The fraction of sp³-hybridized carbons (Fsp3) is 0.846. The topological polar surface area (TPSA) is 15.3 Å². The molecule has 0 aliphatic rings. The normalized spacial score (nSPS) is 13.5. The molecule has 2 nitrogen and oxygen atoms in total. The van der Waals surface area contributed by atoms with E-state index in [4.69, 9.17) is 6.42 Å². The van der Waals surface area contributed by atoms with Crippen molar-refractivity contribution < 1.29 is 0 Å². The van der Waals surface area contributed by atoms with Crippen molar-refractivity contribution in [2.24, 2.45) is 5.92 Å². The van der Waals surface area contributed by atoms with Crippen LogP contribution in [-0.4, -0.2) is 36.6 Å². The van der Waals surface area contributed by atoms with Crippen molar-refractivity contribution in [3.05, 3.63) is 0 Å². The van der Waals surface area contributed by atoms with E-state index in [2.05, 4.69) is 50.8 Å². The fourth-order valence-corrected chi connectivity index (χ4v) is 1.79. The minimum Gasteiger partial charge on any atom is -0.305 e. The summed E-state index contributed by atoms with van der Waals surface area (Å²) in [5.41, 5.74) is 0. The lowest BCUT2D eigenvalue weighted by Gasteiger charge is -2.34. The third-order valence-corrected chi connectivity index (χ3v) is 2.47. The van der Waals surface area contributed by atoms with E-state index >= 15 is 0 Å². The molecule has 0 heterocycles. The van der Waals surface area contributed by atoms with Gasteiger partial charge < -0.3 is 5.32 Å². The maximum absolute atomic E-state index is 5.21. The molecule has 0 bridgehead atoms. The van der Waals surface area contributed by atoms with Gasteiger partial charge in [-0.15, -0.1) is 6.42 Å². The van der Waals surface area contributed by atoms with E-state index in [-0.39, 0.29) is 0 Å². The maximum atomic E-state index is 5.21. The van der Waals surface area contributed by atoms with E-state index in [0.29, 0.717) is 24.5 Å². The van der Waals surface area contributed by atoms with Crippen LogP contribution in [0.3, 0.4) is 0 Å². The van der Waals surface area contributed by atoms with Gasteiger partial charge in [0.05, 0.1) is 6.54 Å². The predicted octanol–water partition coefficient (Wildman–Crippen LogP) is 1.96. The Morgan fingerprint density at radius 2 is 1.80 bits per heavy atom. The molecule has 0 amide bonds. The molecule has 0 aliphatic carbocycles. The summed E-state index contributed by atoms with van der Waals surface area (Å²) in [6.45, 7) is 14.1. The van der Waals surface area contributed by atoms with Crippen LogP contribution >= 0.6 is 0 Å². The monoisotopic (exact) mass is 210 g/mol. The summed E-state index contributed by atoms with van der Waals surface area (Å²) < 4.78 is 0. The van der Waals surface area contributed by atoms with Crippen LogP contribution < -0.4 is 5.32 Å². The fourth-order valence-electron chi connectivity index (χ4n) is 1.79. The van der Waals surface area contributed by atoms with Crippen molar-refractivity contribution in [1.29, 1.82) is 0 Å². The van der Waals surface area contributed by atoms with Crippen LogP contribution in [-0.2, 0) is 0 Å². The Hall–Kier alpha value is -0.520. The standard InChI is InChI=1S/C13H26N2/c1-7-8-14-9-13(6)15(12(4)5)10-11(2)3/h1,11-14H,8-10H2,2-6H3. The number of terminal acetylenes is 1. The number of nitrogens with zero attached hydrogens (tertiary/aromatic N) is 1. The summed E-state index contributed by atoms with van der Waals surface area (Å²) >= 11 is 0. The van der Waals surface area contributed by atoms with Crippen LogP contribution in [0.15, 0.2) is 0 Å². The second-order valence-corrected chi connectivity index (χ2v) is 4.87. The van der Waals surface area contributed by atoms with Crippen molar-refractivity contribution in [2.75, 3.05) is 19.6 Å². The zero-order chi connectivity index (χ0) is 11.8. The molecule has 0 aromatic carbocycles. The number of rotatable bonds is 7. The molecule has 0 saturated carbocycles. The van der Waals surface area contributed by atoms with E-state index in [0.717, 1.165) is 13.1 Å². The molecule has 0 fully saturated rings. The van der Waals surface area contributed by atoms with Gasteiger partial charge in [-0.25, -0.2) is 0 Å². The molecule has 0 saturated heterocycles. The Morgan fingerprint density at radius 3 is 2.20 bits per heavy atom. The first-order valence-corrected chi connectivity index (χ1v) is 5.89. The average molecular weight is 210 g/mol. The molecule has 0 aromatic heterocycles. The Labute approximate surface area is 95.4 Å². The maximum Gasteiger partial charge on any atom is 0.0574 e. The summed E-state index contributed by atoms with van der Waals surface area (Å²) in [5, 5.41) is 3.27. The highest BCUT2D eigenvalue weighted by atomic mass is 15.2. The van der Waals surface area contributed by atoms with Gasteiger partial charge in [-0.3, -0.25) is 4.90 Å². The molecule has 1 unspecified atom stereocenters. The Bertz CT molecular complexity index is 191. The zero-order valence-corrected chi connectivity index (χ0v) is 10.9. The third-order valence-electron chi connectivity index (χ3n) is 2.47. The molecule has 0 aromatic rings. The van der Waals surface area contributed by atoms with E-state index < -0.39 is 0 Å². The van der Waals surface area contributed by atoms with Crippen molar-refractivity contribution in [3.8, 4) is 12.3 Å². The van der Waals surface area contributed by atoms with Crippen molar-refractivity contribution in [2.45, 2.75) is 46.7 Å². The quantitative estimate of drug-likeness (QED) is 0.510. The van der Waals surface area contributed by atoms with Crippen LogP contribution in [0, 0.1) is 18.3 Å². The van der Waals surface area contributed by atoms with Crippen molar-refractivity contribution in [1.82, 2.24) is 10.2 Å². The zero-order valence-electron chi connectivity index (χ0n) is 10.9. The summed E-state index contributed by atoms with van der Waals surface area (Å²) in [6.07, 6.45) is 5.21. The highest BCUT2D eigenvalue weighted by Gasteiger charge is 2.17. The second kappa shape index (κ2) is 7.73. The van der Waals surface area contributed by atoms with Gasteiger partial charge in [0.2, 0.25) is 0 Å². The predicted molar refractivity (Wildman–Crippen MR) is 67.8 cm³/mol. The van der Waals surface area contributed by atoms with Crippen LogP contribution in [0.4, 0.5) is 0 Å². The van der Waals surface area contributed by atoms with Gasteiger partial charge in [-0.1, -0.05) is 19.8 Å². The summed E-state index contributed by atoms with van der Waals surface area (Å²) in [7, 11) is 0. The van der Waals surface area contributed by atoms with Crippen molar-refractivity contribution in [3.63, 3.8) is 0 Å². The van der Waals surface area contributed by atoms with Gasteiger partial charge in [0.25, 0.3) is 0 Å². The lowest BCUT2D eigenvalue weighted by Crippen LogP contribution is -2.46. The van der Waals surface area contributed by atoms with Crippen LogP contribution in [0.5, 0.6) is 0 Å². The number of nitrogens with one attached hydrogen (secondary N) is 1. The summed E-state index contributed by atoms with van der Waals surface area (Å²) in [6, 6.07) is 1.13. The van der Waals surface area contributed by atoms with Gasteiger partial charge in [-0.2, -0.15) is 0 Å². The molecular weight excluding hydrogens is 184 g/mol. The van der Waals surface area contributed by atoms with Gasteiger partial charge in [-0.05, 0) is 26.7 Å². The van der Waals surface area contributed by atoms with Gasteiger partial charge in [0, 0.05) is 25.2 Å². The lowest BCUT2D eigenvalue weighted by atomic mass is 10.1. The van der Waals surface area contributed by atoms with Crippen molar-refractivity contribution >= 4 is 0 Å². The first kappa shape index (κ1) is 14.5. The third kappa shape index (κ3) is 6.54. The molecule has 0 rings (SSSR count). The SMILES string of the molecule is C#CCNCC(C)N(CC(C)C)C(C)C. The van der Waals surface area contributed by atoms with Crippen LogP contribution in [0.1, 0.15) is 34.6 Å². The molecule has 0 spiro atoms. The van der Waals surface area contributed by atoms with Gasteiger partial charge in [0.15, 0.2) is 0 Å². The molecular formula is C13H26N2. The van der Waals surface area contributed by atoms with E-state index in [1.54, 1.807) is 0 Å². The van der Waals surface area contributed by atoms with E-state index in [1.165, 1.54) is 0 Å². The summed E-state index contributed by atoms with van der Waals surface area (Å²) in [5.74, 6) is 3.31. The highest BCUT2D eigenvalue weighted by molar-refractivity contribution is 4.87. The summed E-state index contributed by atoms with van der Waals surface area (Å²) in [4.78, 5) is 2.52. The Kier molecular flexibility index (Phi) is 7.46. The molecule has 2 heteroatoms. The van der Waals surface area contributed by atoms with E-state index in [9.17, 15) is 0 Å². The smallest absolute Gasteiger partial charge is 0.0574 e. The number of hydrogen-bond acceptors (Lipinski definition) is 2. The Morgan fingerprint density at radius 1 is 1.20 bits per heavy atom. The van der Waals surface area contributed by atoms with Crippen LogP contribution in [0.2, 0.25) is 0 Å². The largest absolute Gasteiger partial charge is 0.305 e. The van der Waals surface area contributed by atoms with Gasteiger partial charge >= 0.3 is 0 Å². The first-order chi connectivity index (χ1) is 6.99. The minimum atomic E-state index is 0.542. The molecule has 0 radical (unpaired) electrons. The number of hydrogen-bond donors (Lipinski definition) is 1. The van der Waals surface area contributed by atoms with Crippen LogP contribution in [0.25, 0.3) is 0 Å². The molecule has 88 valence electrons. The minimum absolute atomic E-state index is 0.542. The first-order valence-electron chi connectivity index (χ1n) is 5.89. The second-order valence-electron chi connectivity index (χ2n) is 4.87. The highest BCUT2D eigenvalue weighted by Crippen LogP contribution is 2.08.